The lowest BCUT2D eigenvalue weighted by molar-refractivity contribution is 0.0330. The molecule has 0 saturated carbocycles. The second-order valence-corrected chi connectivity index (χ2v) is 5.77. The third kappa shape index (κ3) is 2.79. The standard InChI is InChI=1S/C9H17NO2S/c1-9(2,3)7(12-8(10)11)6-4-5-13-6/h6-7H,4-5H2,1-3H3,(H2,10,11). The van der Waals surface area contributed by atoms with E-state index in [-0.39, 0.29) is 11.5 Å². The summed E-state index contributed by atoms with van der Waals surface area (Å²) in [5, 5.41) is 0.437. The number of thioether (sulfide) groups is 1. The fourth-order valence-corrected chi connectivity index (χ4v) is 2.57. The van der Waals surface area contributed by atoms with E-state index in [9.17, 15) is 4.79 Å². The summed E-state index contributed by atoms with van der Waals surface area (Å²) in [4.78, 5) is 10.7. The molecule has 13 heavy (non-hydrogen) atoms. The molecular formula is C9H17NO2S. The van der Waals surface area contributed by atoms with Crippen molar-refractivity contribution in [3.8, 4) is 0 Å². The molecule has 2 N–H and O–H groups in total. The molecule has 1 saturated heterocycles. The van der Waals surface area contributed by atoms with E-state index in [1.165, 1.54) is 5.75 Å². The Morgan fingerprint density at radius 3 is 2.38 bits per heavy atom. The van der Waals surface area contributed by atoms with Gasteiger partial charge in [-0.05, 0) is 12.2 Å². The van der Waals surface area contributed by atoms with Crippen LogP contribution in [0.4, 0.5) is 4.79 Å². The molecule has 0 radical (unpaired) electrons. The molecule has 0 aromatic carbocycles. The molecule has 2 unspecified atom stereocenters. The summed E-state index contributed by atoms with van der Waals surface area (Å²) in [5.41, 5.74) is 5.02. The first-order valence-electron chi connectivity index (χ1n) is 4.49. The smallest absolute Gasteiger partial charge is 0.404 e. The Morgan fingerprint density at radius 2 is 2.15 bits per heavy atom. The Bertz CT molecular complexity index is 196. The predicted molar refractivity (Wildman–Crippen MR) is 54.8 cm³/mol. The van der Waals surface area contributed by atoms with Crippen LogP contribution in [-0.2, 0) is 4.74 Å². The van der Waals surface area contributed by atoms with Gasteiger partial charge >= 0.3 is 6.09 Å². The first-order chi connectivity index (χ1) is 5.91. The lowest BCUT2D eigenvalue weighted by Gasteiger charge is -2.39. The van der Waals surface area contributed by atoms with Crippen LogP contribution in [-0.4, -0.2) is 23.2 Å². The molecule has 1 amide bonds. The zero-order valence-electron chi connectivity index (χ0n) is 8.37. The number of rotatable bonds is 2. The molecule has 0 aliphatic carbocycles. The molecule has 1 aliphatic heterocycles. The lowest BCUT2D eigenvalue weighted by Crippen LogP contribution is -2.44. The van der Waals surface area contributed by atoms with Crippen LogP contribution in [0.25, 0.3) is 0 Å². The van der Waals surface area contributed by atoms with Crippen LogP contribution in [0.2, 0.25) is 0 Å². The number of carbonyl (C=O) groups is 1. The van der Waals surface area contributed by atoms with Gasteiger partial charge in [-0.1, -0.05) is 20.8 Å². The van der Waals surface area contributed by atoms with E-state index in [0.717, 1.165) is 6.42 Å². The van der Waals surface area contributed by atoms with Crippen LogP contribution in [0.5, 0.6) is 0 Å². The Kier molecular flexibility index (Phi) is 3.11. The Morgan fingerprint density at radius 1 is 1.62 bits per heavy atom. The van der Waals surface area contributed by atoms with Crippen molar-refractivity contribution in [2.24, 2.45) is 11.1 Å². The lowest BCUT2D eigenvalue weighted by atomic mass is 9.86. The van der Waals surface area contributed by atoms with Crippen molar-refractivity contribution in [2.75, 3.05) is 5.75 Å². The number of primary amides is 1. The van der Waals surface area contributed by atoms with Gasteiger partial charge < -0.3 is 10.5 Å². The molecule has 1 rings (SSSR count). The second kappa shape index (κ2) is 3.78. The summed E-state index contributed by atoms with van der Waals surface area (Å²) in [6.45, 7) is 6.21. The van der Waals surface area contributed by atoms with Gasteiger partial charge in [0.15, 0.2) is 0 Å². The van der Waals surface area contributed by atoms with Crippen molar-refractivity contribution in [2.45, 2.75) is 38.5 Å². The van der Waals surface area contributed by atoms with Crippen LogP contribution < -0.4 is 5.73 Å². The summed E-state index contributed by atoms with van der Waals surface area (Å²) in [6.07, 6.45) is 0.413. The first-order valence-corrected chi connectivity index (χ1v) is 5.54. The minimum absolute atomic E-state index is 0.0207. The van der Waals surface area contributed by atoms with Crippen molar-refractivity contribution in [3.05, 3.63) is 0 Å². The number of ether oxygens (including phenoxy) is 1. The number of carbonyl (C=O) groups excluding carboxylic acids is 1. The average Bonchev–Trinajstić information content (AvgIpc) is 1.78. The van der Waals surface area contributed by atoms with Gasteiger partial charge in [0, 0.05) is 10.7 Å². The fraction of sp³-hybridized carbons (Fsp3) is 0.889. The SMILES string of the molecule is CC(C)(C)C(OC(N)=O)C1CCS1. The summed E-state index contributed by atoms with van der Waals surface area (Å²) in [5.74, 6) is 1.17. The Balaban J connectivity index is 2.58. The molecule has 4 heteroatoms. The minimum Gasteiger partial charge on any atom is -0.445 e. The zero-order chi connectivity index (χ0) is 10.1. The highest BCUT2D eigenvalue weighted by Gasteiger charge is 2.38. The van der Waals surface area contributed by atoms with E-state index < -0.39 is 6.09 Å². The molecule has 76 valence electrons. The molecule has 1 heterocycles. The van der Waals surface area contributed by atoms with Crippen molar-refractivity contribution in [1.29, 1.82) is 0 Å². The highest BCUT2D eigenvalue weighted by Crippen LogP contribution is 2.39. The van der Waals surface area contributed by atoms with E-state index >= 15 is 0 Å². The highest BCUT2D eigenvalue weighted by atomic mass is 32.2. The predicted octanol–water partition coefficient (Wildman–Crippen LogP) is 2.00. The van der Waals surface area contributed by atoms with Gasteiger partial charge in [-0.2, -0.15) is 11.8 Å². The third-order valence-corrected chi connectivity index (χ3v) is 3.55. The van der Waals surface area contributed by atoms with Crippen molar-refractivity contribution >= 4 is 17.9 Å². The third-order valence-electron chi connectivity index (χ3n) is 2.17. The minimum atomic E-state index is -0.660. The molecule has 0 spiro atoms. The van der Waals surface area contributed by atoms with Crippen molar-refractivity contribution < 1.29 is 9.53 Å². The van der Waals surface area contributed by atoms with Crippen LogP contribution in [0.15, 0.2) is 0 Å². The molecule has 2 atom stereocenters. The summed E-state index contributed by atoms with van der Waals surface area (Å²) >= 11 is 1.85. The van der Waals surface area contributed by atoms with E-state index in [4.69, 9.17) is 10.5 Å². The molecule has 3 nitrogen and oxygen atoms in total. The second-order valence-electron chi connectivity index (χ2n) is 4.42. The van der Waals surface area contributed by atoms with E-state index in [1.54, 1.807) is 0 Å². The van der Waals surface area contributed by atoms with Gasteiger partial charge in [0.1, 0.15) is 6.10 Å². The Labute approximate surface area is 83.4 Å². The van der Waals surface area contributed by atoms with E-state index in [2.05, 4.69) is 20.8 Å². The van der Waals surface area contributed by atoms with Crippen LogP contribution in [0.3, 0.4) is 0 Å². The fourth-order valence-electron chi connectivity index (χ4n) is 1.43. The van der Waals surface area contributed by atoms with Gasteiger partial charge in [-0.3, -0.25) is 0 Å². The first kappa shape index (κ1) is 10.7. The average molecular weight is 203 g/mol. The maximum absolute atomic E-state index is 10.7. The quantitative estimate of drug-likeness (QED) is 0.746. The van der Waals surface area contributed by atoms with E-state index in [0.29, 0.717) is 5.25 Å². The normalized spacial score (nSPS) is 24.7. The summed E-state index contributed by atoms with van der Waals surface area (Å²) in [6, 6.07) is 0. The van der Waals surface area contributed by atoms with Crippen LogP contribution in [0, 0.1) is 5.41 Å². The van der Waals surface area contributed by atoms with Crippen LogP contribution in [0.1, 0.15) is 27.2 Å². The van der Waals surface area contributed by atoms with Crippen molar-refractivity contribution in [1.82, 2.24) is 0 Å². The van der Waals surface area contributed by atoms with Gasteiger partial charge in [0.25, 0.3) is 0 Å². The largest absolute Gasteiger partial charge is 0.445 e. The van der Waals surface area contributed by atoms with Gasteiger partial charge in [0.05, 0.1) is 0 Å². The molecule has 0 aromatic rings. The number of nitrogens with two attached hydrogens (primary N) is 1. The van der Waals surface area contributed by atoms with Crippen LogP contribution >= 0.6 is 11.8 Å². The molecule has 0 aromatic heterocycles. The summed E-state index contributed by atoms with van der Waals surface area (Å²) in [7, 11) is 0. The molecule has 1 aliphatic rings. The zero-order valence-corrected chi connectivity index (χ0v) is 9.19. The highest BCUT2D eigenvalue weighted by molar-refractivity contribution is 8.01. The maximum Gasteiger partial charge on any atom is 0.404 e. The van der Waals surface area contributed by atoms with Crippen molar-refractivity contribution in [3.63, 3.8) is 0 Å². The van der Waals surface area contributed by atoms with Gasteiger partial charge in [-0.15, -0.1) is 0 Å². The maximum atomic E-state index is 10.7. The summed E-state index contributed by atoms with van der Waals surface area (Å²) < 4.78 is 5.14. The number of hydrogen-bond acceptors (Lipinski definition) is 3. The van der Waals surface area contributed by atoms with Gasteiger partial charge in [-0.25, -0.2) is 4.79 Å². The monoisotopic (exact) mass is 203 g/mol. The van der Waals surface area contributed by atoms with Gasteiger partial charge in [0.2, 0.25) is 0 Å². The number of amides is 1. The molecule has 1 fully saturated rings. The van der Waals surface area contributed by atoms with E-state index in [1.807, 2.05) is 11.8 Å². The number of hydrogen-bond donors (Lipinski definition) is 1. The topological polar surface area (TPSA) is 52.3 Å². The molecular weight excluding hydrogens is 186 g/mol. The molecule has 0 bridgehead atoms. The Hall–Kier alpha value is -0.380.